The van der Waals surface area contributed by atoms with E-state index >= 15 is 0 Å². The van der Waals surface area contributed by atoms with Gasteiger partial charge in [0.05, 0.1) is 6.04 Å². The summed E-state index contributed by atoms with van der Waals surface area (Å²) >= 11 is 0. The molecule has 1 aliphatic heterocycles. The predicted octanol–water partition coefficient (Wildman–Crippen LogP) is 2.21. The van der Waals surface area contributed by atoms with Gasteiger partial charge in [0.25, 0.3) is 0 Å². The molecule has 3 heteroatoms. The Kier molecular flexibility index (Phi) is 2.87. The summed E-state index contributed by atoms with van der Waals surface area (Å²) in [5.74, 6) is 1.98. The van der Waals surface area contributed by atoms with Crippen LogP contribution in [0.15, 0.2) is 0 Å². The lowest BCUT2D eigenvalue weighted by Crippen LogP contribution is -2.45. The number of hydrogen-bond acceptors (Lipinski definition) is 2. The number of nitrogens with one attached hydrogen (secondary N) is 2. The smallest absolute Gasteiger partial charge is 0.237 e. The maximum atomic E-state index is 12.3. The molecule has 1 saturated heterocycles. The Morgan fingerprint density at radius 3 is 2.63 bits per heavy atom. The van der Waals surface area contributed by atoms with Crippen molar-refractivity contribution in [2.45, 2.75) is 69.9 Å². The Labute approximate surface area is 115 Å². The van der Waals surface area contributed by atoms with Gasteiger partial charge in [0.15, 0.2) is 0 Å². The number of carbonyl (C=O) groups is 1. The Bertz CT molecular complexity index is 359. The summed E-state index contributed by atoms with van der Waals surface area (Å²) in [5.41, 5.74) is 0.529. The van der Waals surface area contributed by atoms with E-state index in [1.807, 2.05) is 0 Å². The molecule has 0 spiro atoms. The fourth-order valence-corrected chi connectivity index (χ4v) is 4.49. The third-order valence-corrected chi connectivity index (χ3v) is 6.13. The molecule has 3 nitrogen and oxygen atoms in total. The van der Waals surface area contributed by atoms with Gasteiger partial charge in [-0.25, -0.2) is 0 Å². The lowest BCUT2D eigenvalue weighted by molar-refractivity contribution is -0.123. The van der Waals surface area contributed by atoms with Gasteiger partial charge in [-0.3, -0.25) is 4.79 Å². The monoisotopic (exact) mass is 262 g/mol. The highest BCUT2D eigenvalue weighted by molar-refractivity contribution is 5.82. The molecule has 4 rings (SSSR count). The van der Waals surface area contributed by atoms with Crippen molar-refractivity contribution < 1.29 is 4.79 Å². The third kappa shape index (κ3) is 2.31. The first-order valence-corrected chi connectivity index (χ1v) is 8.31. The second-order valence-electron chi connectivity index (χ2n) is 7.46. The van der Waals surface area contributed by atoms with Crippen molar-refractivity contribution in [3.8, 4) is 0 Å². The molecule has 2 N–H and O–H groups in total. The topological polar surface area (TPSA) is 41.1 Å². The summed E-state index contributed by atoms with van der Waals surface area (Å²) < 4.78 is 0. The SMILES string of the molecule is O=C(NCC1(C2CC2)CC1)C1CC2CCCCC2N1. The van der Waals surface area contributed by atoms with Crippen LogP contribution in [0.3, 0.4) is 0 Å². The number of rotatable bonds is 4. The quantitative estimate of drug-likeness (QED) is 0.815. The van der Waals surface area contributed by atoms with Crippen molar-refractivity contribution in [2.24, 2.45) is 17.3 Å². The average Bonchev–Trinajstić information content (AvgIpc) is 3.32. The third-order valence-electron chi connectivity index (χ3n) is 6.13. The molecule has 0 radical (unpaired) electrons. The Morgan fingerprint density at radius 1 is 1.16 bits per heavy atom. The van der Waals surface area contributed by atoms with Crippen molar-refractivity contribution >= 4 is 5.91 Å². The molecule has 106 valence electrons. The van der Waals surface area contributed by atoms with Gasteiger partial charge >= 0.3 is 0 Å². The highest BCUT2D eigenvalue weighted by Gasteiger charge is 2.53. The largest absolute Gasteiger partial charge is 0.354 e. The highest BCUT2D eigenvalue weighted by Crippen LogP contribution is 2.60. The van der Waals surface area contributed by atoms with E-state index in [1.165, 1.54) is 51.4 Å². The van der Waals surface area contributed by atoms with Gasteiger partial charge in [0.2, 0.25) is 5.91 Å². The van der Waals surface area contributed by atoms with Crippen molar-refractivity contribution in [2.75, 3.05) is 6.54 Å². The summed E-state index contributed by atoms with van der Waals surface area (Å²) in [4.78, 5) is 12.3. The number of amides is 1. The zero-order chi connectivity index (χ0) is 12.9. The summed E-state index contributed by atoms with van der Waals surface area (Å²) in [6.07, 6.45) is 11.9. The summed E-state index contributed by atoms with van der Waals surface area (Å²) in [5, 5.41) is 6.84. The Morgan fingerprint density at radius 2 is 1.95 bits per heavy atom. The molecule has 0 bridgehead atoms. The molecule has 4 aliphatic rings. The van der Waals surface area contributed by atoms with Crippen LogP contribution < -0.4 is 10.6 Å². The van der Waals surface area contributed by atoms with Crippen LogP contribution >= 0.6 is 0 Å². The first-order valence-electron chi connectivity index (χ1n) is 8.31. The normalized spacial score (nSPS) is 39.7. The van der Waals surface area contributed by atoms with E-state index in [2.05, 4.69) is 10.6 Å². The average molecular weight is 262 g/mol. The summed E-state index contributed by atoms with van der Waals surface area (Å²) in [6.45, 7) is 0.948. The summed E-state index contributed by atoms with van der Waals surface area (Å²) in [6, 6.07) is 0.728. The van der Waals surface area contributed by atoms with Crippen LogP contribution in [0.2, 0.25) is 0 Å². The van der Waals surface area contributed by atoms with Crippen molar-refractivity contribution in [3.05, 3.63) is 0 Å². The molecular weight excluding hydrogens is 236 g/mol. The minimum absolute atomic E-state index is 0.100. The molecule has 0 aromatic heterocycles. The van der Waals surface area contributed by atoms with Crippen LogP contribution in [-0.2, 0) is 4.79 Å². The maximum absolute atomic E-state index is 12.3. The number of hydrogen-bond donors (Lipinski definition) is 2. The van der Waals surface area contributed by atoms with Gasteiger partial charge in [-0.1, -0.05) is 12.8 Å². The maximum Gasteiger partial charge on any atom is 0.237 e. The van der Waals surface area contributed by atoms with E-state index in [1.54, 1.807) is 0 Å². The molecule has 3 aliphatic carbocycles. The van der Waals surface area contributed by atoms with E-state index in [9.17, 15) is 4.79 Å². The van der Waals surface area contributed by atoms with Crippen LogP contribution in [-0.4, -0.2) is 24.5 Å². The van der Waals surface area contributed by atoms with Gasteiger partial charge in [-0.2, -0.15) is 0 Å². The molecular formula is C16H26N2O. The van der Waals surface area contributed by atoms with Gasteiger partial charge < -0.3 is 10.6 Å². The van der Waals surface area contributed by atoms with Crippen LogP contribution in [0.4, 0.5) is 0 Å². The molecule has 19 heavy (non-hydrogen) atoms. The van der Waals surface area contributed by atoms with E-state index in [0.29, 0.717) is 11.5 Å². The van der Waals surface area contributed by atoms with Gasteiger partial charge in [0.1, 0.15) is 0 Å². The molecule has 3 saturated carbocycles. The van der Waals surface area contributed by atoms with E-state index in [-0.39, 0.29) is 11.9 Å². The fourth-order valence-electron chi connectivity index (χ4n) is 4.49. The van der Waals surface area contributed by atoms with Crippen LogP contribution in [0.25, 0.3) is 0 Å². The van der Waals surface area contributed by atoms with Crippen molar-refractivity contribution in [1.29, 1.82) is 0 Å². The molecule has 0 aromatic rings. The van der Waals surface area contributed by atoms with Crippen LogP contribution in [0, 0.1) is 17.3 Å². The van der Waals surface area contributed by atoms with Gasteiger partial charge in [-0.15, -0.1) is 0 Å². The lowest BCUT2D eigenvalue weighted by Gasteiger charge is -2.24. The first kappa shape index (κ1) is 12.2. The Balaban J connectivity index is 1.29. The predicted molar refractivity (Wildman–Crippen MR) is 74.7 cm³/mol. The second kappa shape index (κ2) is 4.47. The first-order chi connectivity index (χ1) is 9.27. The minimum atomic E-state index is 0.100. The molecule has 3 unspecified atom stereocenters. The molecule has 0 aromatic carbocycles. The molecule has 1 amide bonds. The van der Waals surface area contributed by atoms with Crippen LogP contribution in [0.5, 0.6) is 0 Å². The van der Waals surface area contributed by atoms with Gasteiger partial charge in [0, 0.05) is 12.6 Å². The molecule has 1 heterocycles. The van der Waals surface area contributed by atoms with E-state index in [0.717, 1.165) is 24.8 Å². The van der Waals surface area contributed by atoms with Crippen molar-refractivity contribution in [1.82, 2.24) is 10.6 Å². The van der Waals surface area contributed by atoms with E-state index < -0.39 is 0 Å². The molecule has 4 fully saturated rings. The fraction of sp³-hybridized carbons (Fsp3) is 0.938. The second-order valence-corrected chi connectivity index (χ2v) is 7.46. The Hall–Kier alpha value is -0.570. The minimum Gasteiger partial charge on any atom is -0.354 e. The van der Waals surface area contributed by atoms with Gasteiger partial charge in [-0.05, 0) is 62.2 Å². The lowest BCUT2D eigenvalue weighted by atomic mass is 9.85. The summed E-state index contributed by atoms with van der Waals surface area (Å²) in [7, 11) is 0. The van der Waals surface area contributed by atoms with Crippen molar-refractivity contribution in [3.63, 3.8) is 0 Å². The zero-order valence-corrected chi connectivity index (χ0v) is 11.8. The number of carbonyl (C=O) groups excluding carboxylic acids is 1. The van der Waals surface area contributed by atoms with E-state index in [4.69, 9.17) is 0 Å². The highest BCUT2D eigenvalue weighted by atomic mass is 16.2. The number of fused-ring (bicyclic) bond motifs is 1. The zero-order valence-electron chi connectivity index (χ0n) is 11.8. The molecule has 3 atom stereocenters. The van der Waals surface area contributed by atoms with Crippen LogP contribution in [0.1, 0.15) is 57.8 Å². The standard InChI is InChI=1S/C16H26N2O/c19-15(17-10-16(7-8-16)12-5-6-12)14-9-11-3-1-2-4-13(11)18-14/h11-14,18H,1-10H2,(H,17,19).